The summed E-state index contributed by atoms with van der Waals surface area (Å²) in [6.45, 7) is -0.181. The van der Waals surface area contributed by atoms with Gasteiger partial charge >= 0.3 is 0 Å². The maximum Gasteiger partial charge on any atom is 0.295 e. The Morgan fingerprint density at radius 3 is 1.74 bits per heavy atom. The molecular formula is C40H40F2N2O10. The minimum Gasteiger partial charge on any atom is -0.503 e. The average Bonchev–Trinajstić information content (AvgIpc) is 3.82. The van der Waals surface area contributed by atoms with Gasteiger partial charge in [-0.2, -0.15) is 0 Å². The highest BCUT2D eigenvalue weighted by Gasteiger charge is 2.23. The number of carbonyl (C=O) groups excluding carboxylic acids is 2. The van der Waals surface area contributed by atoms with Gasteiger partial charge in [-0.15, -0.1) is 0 Å². The van der Waals surface area contributed by atoms with Crippen LogP contribution < -0.4 is 15.9 Å². The minimum absolute atomic E-state index is 0. The molecule has 0 atom stereocenters. The zero-order valence-electron chi connectivity index (χ0n) is 27.9. The van der Waals surface area contributed by atoms with Crippen molar-refractivity contribution in [1.29, 1.82) is 0 Å². The second kappa shape index (κ2) is 19.5. The summed E-state index contributed by atoms with van der Waals surface area (Å²) in [5.41, 5.74) is 0.338. The van der Waals surface area contributed by atoms with Crippen LogP contribution >= 0.6 is 0 Å². The Kier molecular flexibility index (Phi) is 15.1. The van der Waals surface area contributed by atoms with Crippen LogP contribution in [0.15, 0.2) is 116 Å². The van der Waals surface area contributed by atoms with Gasteiger partial charge in [0.25, 0.3) is 11.1 Å². The van der Waals surface area contributed by atoms with Crippen LogP contribution in [0.25, 0.3) is 0 Å². The summed E-state index contributed by atoms with van der Waals surface area (Å²) < 4.78 is 53.5. The fourth-order valence-corrected chi connectivity index (χ4v) is 4.95. The average molecular weight is 747 g/mol. The van der Waals surface area contributed by atoms with E-state index in [0.29, 0.717) is 24.4 Å². The Morgan fingerprint density at radius 1 is 0.722 bits per heavy atom. The third-order valence-electron chi connectivity index (χ3n) is 7.49. The number of benzene rings is 2. The molecule has 0 radical (unpaired) electrons. The van der Waals surface area contributed by atoms with E-state index in [1.165, 1.54) is 79.7 Å². The monoisotopic (exact) mass is 746 g/mol. The Morgan fingerprint density at radius 2 is 1.24 bits per heavy atom. The number of ketones is 2. The van der Waals surface area contributed by atoms with Gasteiger partial charge in [-0.25, -0.2) is 8.78 Å². The molecule has 14 heteroatoms. The molecule has 12 nitrogen and oxygen atoms in total. The number of halogens is 2. The van der Waals surface area contributed by atoms with Crippen molar-refractivity contribution in [3.63, 3.8) is 0 Å². The molecule has 0 saturated carbocycles. The number of hydrogen-bond acceptors (Lipinski definition) is 10. The largest absolute Gasteiger partial charge is 0.503 e. The maximum atomic E-state index is 13.0. The molecule has 0 saturated heterocycles. The first-order valence-electron chi connectivity index (χ1n) is 15.6. The van der Waals surface area contributed by atoms with Gasteiger partial charge < -0.3 is 33.1 Å². The molecular weight excluding hydrogens is 706 g/mol. The van der Waals surface area contributed by atoms with Crippen LogP contribution in [0.1, 0.15) is 69.7 Å². The lowest BCUT2D eigenvalue weighted by Crippen LogP contribution is -2.25. The summed E-state index contributed by atoms with van der Waals surface area (Å²) in [6.07, 6.45) is 3.52. The number of rotatable bonds is 13. The number of H-pyrrole nitrogens is 1. The van der Waals surface area contributed by atoms with E-state index in [0.717, 1.165) is 11.1 Å². The molecule has 4 aromatic heterocycles. The first-order chi connectivity index (χ1) is 25.1. The van der Waals surface area contributed by atoms with Crippen molar-refractivity contribution in [3.05, 3.63) is 175 Å². The molecule has 6 aromatic rings. The number of nitrogens with zero attached hydrogens (tertiary/aromatic N) is 1. The van der Waals surface area contributed by atoms with Gasteiger partial charge in [0.1, 0.15) is 29.9 Å². The second-order valence-corrected chi connectivity index (χ2v) is 11.2. The Hall–Kier alpha value is -6.38. The maximum absolute atomic E-state index is 13.0. The van der Waals surface area contributed by atoms with Crippen molar-refractivity contribution in [2.24, 2.45) is 0 Å². The van der Waals surface area contributed by atoms with Crippen LogP contribution in [-0.2, 0) is 29.0 Å². The molecule has 0 amide bonds. The van der Waals surface area contributed by atoms with E-state index >= 15 is 0 Å². The van der Waals surface area contributed by atoms with E-state index in [1.807, 2.05) is 0 Å². The van der Waals surface area contributed by atoms with Crippen molar-refractivity contribution in [2.75, 3.05) is 21.0 Å². The molecule has 0 aliphatic carbocycles. The van der Waals surface area contributed by atoms with E-state index in [4.69, 9.17) is 23.0 Å². The normalized spacial score (nSPS) is 10.4. The zero-order valence-corrected chi connectivity index (χ0v) is 27.9. The number of aromatic hydroxyl groups is 1. The molecule has 0 spiro atoms. The van der Waals surface area contributed by atoms with Crippen LogP contribution in [0.2, 0.25) is 0 Å². The van der Waals surface area contributed by atoms with Crippen molar-refractivity contribution in [2.45, 2.75) is 34.4 Å². The Labute approximate surface area is 309 Å². The van der Waals surface area contributed by atoms with E-state index in [2.05, 4.69) is 4.98 Å². The Bertz CT molecular complexity index is 2270. The van der Waals surface area contributed by atoms with Gasteiger partial charge in [0.05, 0.1) is 11.1 Å². The molecule has 0 unspecified atom stereocenters. The number of ether oxygens (including phenoxy) is 3. The van der Waals surface area contributed by atoms with Crippen LogP contribution in [0.5, 0.6) is 11.5 Å². The van der Waals surface area contributed by atoms with E-state index in [9.17, 15) is 33.1 Å². The first-order valence-corrected chi connectivity index (χ1v) is 15.6. The third kappa shape index (κ3) is 10.4. The number of furan rings is 2. The summed E-state index contributed by atoms with van der Waals surface area (Å²) >= 11 is 0. The SMILES string of the molecule is C.C.COCOc1c(C(=O)c2ccc(Cc3ccc(F)cc3)o2)ccn(COC)c1=O.O=C(c1ccc(Cc2ccc(F)cc2)o1)c1cc[nH]c(=O)c1O. The number of methoxy groups -OCH3 is 2. The highest BCUT2D eigenvalue weighted by Crippen LogP contribution is 2.22. The minimum atomic E-state index is -0.742. The van der Waals surface area contributed by atoms with Crippen LogP contribution in [0, 0.1) is 11.6 Å². The van der Waals surface area contributed by atoms with Gasteiger partial charge in [0.15, 0.2) is 29.8 Å². The standard InChI is InChI=1S/C21H20FNO6.C17H12FNO4.2CH4/c1-26-12-23-10-9-17(20(21(23)25)28-13-27-2)19(24)18-8-7-16(29-18)11-14-3-5-15(22)6-4-14;18-11-3-1-10(2-4-11)9-12-5-6-14(23-12)15(20)13-7-8-19-17(22)16(13)21;;/h3-10H,11-13H2,1-2H3;1-8,21H,9H2,(H,19,22);2*1H4. The lowest BCUT2D eigenvalue weighted by Gasteiger charge is -2.12. The molecule has 0 aliphatic heterocycles. The molecule has 2 N–H and O–H groups in total. The Balaban J connectivity index is 0.000000287. The predicted molar refractivity (Wildman–Crippen MR) is 195 cm³/mol. The number of hydrogen-bond donors (Lipinski definition) is 2. The number of nitrogens with one attached hydrogen (secondary N) is 1. The predicted octanol–water partition coefficient (Wildman–Crippen LogP) is 6.90. The molecule has 54 heavy (non-hydrogen) atoms. The van der Waals surface area contributed by atoms with Gasteiger partial charge in [-0.1, -0.05) is 39.1 Å². The van der Waals surface area contributed by atoms with Gasteiger partial charge in [0, 0.05) is 39.5 Å². The third-order valence-corrected chi connectivity index (χ3v) is 7.49. The fourth-order valence-electron chi connectivity index (χ4n) is 4.95. The van der Waals surface area contributed by atoms with Crippen molar-refractivity contribution in [3.8, 4) is 11.5 Å². The number of aromatic amines is 1. The van der Waals surface area contributed by atoms with Gasteiger partial charge in [0.2, 0.25) is 11.6 Å². The molecule has 2 aromatic carbocycles. The molecule has 0 fully saturated rings. The summed E-state index contributed by atoms with van der Waals surface area (Å²) in [4.78, 5) is 51.4. The number of carbonyl (C=O) groups is 2. The zero-order chi connectivity index (χ0) is 37.2. The lowest BCUT2D eigenvalue weighted by atomic mass is 10.1. The topological polar surface area (TPSA) is 163 Å². The van der Waals surface area contributed by atoms with Crippen molar-refractivity contribution >= 4 is 11.6 Å². The molecule has 284 valence electrons. The van der Waals surface area contributed by atoms with Crippen molar-refractivity contribution in [1.82, 2.24) is 9.55 Å². The lowest BCUT2D eigenvalue weighted by molar-refractivity contribution is 0.0476. The van der Waals surface area contributed by atoms with E-state index < -0.39 is 28.4 Å². The van der Waals surface area contributed by atoms with Crippen LogP contribution in [-0.4, -0.2) is 47.2 Å². The number of aromatic nitrogens is 2. The van der Waals surface area contributed by atoms with Crippen molar-refractivity contribution < 1.29 is 46.5 Å². The molecule has 0 bridgehead atoms. The second-order valence-electron chi connectivity index (χ2n) is 11.2. The molecule has 0 aliphatic rings. The summed E-state index contributed by atoms with van der Waals surface area (Å²) in [5.74, 6) is -1.39. The van der Waals surface area contributed by atoms with E-state index in [1.54, 1.807) is 36.4 Å². The summed E-state index contributed by atoms with van der Waals surface area (Å²) in [7, 11) is 2.86. The fraction of sp³-hybridized carbons (Fsp3) is 0.200. The van der Waals surface area contributed by atoms with Crippen LogP contribution in [0.4, 0.5) is 8.78 Å². The quantitative estimate of drug-likeness (QED) is 0.0940. The van der Waals surface area contributed by atoms with E-state index in [-0.39, 0.29) is 68.4 Å². The van der Waals surface area contributed by atoms with Gasteiger partial charge in [-0.3, -0.25) is 23.7 Å². The summed E-state index contributed by atoms with van der Waals surface area (Å²) in [6, 6.07) is 21.0. The first kappa shape index (κ1) is 42.0. The number of pyridine rings is 2. The van der Waals surface area contributed by atoms with Gasteiger partial charge in [-0.05, 0) is 71.8 Å². The highest BCUT2D eigenvalue weighted by atomic mass is 19.1. The highest BCUT2D eigenvalue weighted by molar-refractivity contribution is 6.09. The van der Waals surface area contributed by atoms with Crippen LogP contribution in [0.3, 0.4) is 0 Å². The smallest absolute Gasteiger partial charge is 0.295 e. The summed E-state index contributed by atoms with van der Waals surface area (Å²) in [5, 5.41) is 9.66. The molecule has 6 rings (SSSR count). The molecule has 4 heterocycles.